The summed E-state index contributed by atoms with van der Waals surface area (Å²) >= 11 is 0. The predicted molar refractivity (Wildman–Crippen MR) is 74.9 cm³/mol. The van der Waals surface area contributed by atoms with Gasteiger partial charge in [-0.25, -0.2) is 0 Å². The van der Waals surface area contributed by atoms with Gasteiger partial charge in [0.2, 0.25) is 11.8 Å². The number of rotatable bonds is 3. The second-order valence-corrected chi connectivity index (χ2v) is 5.61. The molecule has 1 aromatic rings. The maximum absolute atomic E-state index is 12.2. The Labute approximate surface area is 118 Å². The highest BCUT2D eigenvalue weighted by Gasteiger charge is 2.38. The van der Waals surface area contributed by atoms with Crippen LogP contribution in [-0.2, 0) is 9.59 Å². The second kappa shape index (κ2) is 5.61. The first-order valence-electron chi connectivity index (χ1n) is 7.24. The summed E-state index contributed by atoms with van der Waals surface area (Å²) in [6.07, 6.45) is 8.19. The lowest BCUT2D eigenvalue weighted by molar-refractivity contribution is -0.129. The third-order valence-electron chi connectivity index (χ3n) is 4.24. The van der Waals surface area contributed by atoms with Crippen molar-refractivity contribution < 1.29 is 9.59 Å². The van der Waals surface area contributed by atoms with E-state index in [2.05, 4.69) is 10.3 Å². The number of carbonyl (C=O) groups excluding carboxylic acids is 2. The van der Waals surface area contributed by atoms with Gasteiger partial charge in [-0.05, 0) is 25.0 Å². The molecule has 2 amide bonds. The lowest BCUT2D eigenvalue weighted by Gasteiger charge is -2.23. The van der Waals surface area contributed by atoms with Crippen molar-refractivity contribution in [1.29, 1.82) is 0 Å². The van der Waals surface area contributed by atoms with E-state index in [1.54, 1.807) is 24.5 Å². The molecular weight excluding hydrogens is 254 g/mol. The van der Waals surface area contributed by atoms with Gasteiger partial charge in [-0.1, -0.05) is 12.8 Å². The SMILES string of the molecule is O=C(Nc1ccncc1)[C@H]1CC(=O)N(C2CCCC2)C1. The first-order chi connectivity index (χ1) is 9.74. The van der Waals surface area contributed by atoms with Gasteiger partial charge < -0.3 is 10.2 Å². The van der Waals surface area contributed by atoms with E-state index in [1.165, 1.54) is 12.8 Å². The van der Waals surface area contributed by atoms with E-state index < -0.39 is 0 Å². The van der Waals surface area contributed by atoms with Crippen LogP contribution in [0.4, 0.5) is 5.69 Å². The first-order valence-corrected chi connectivity index (χ1v) is 7.24. The molecule has 2 aliphatic rings. The van der Waals surface area contributed by atoms with Crippen molar-refractivity contribution in [3.63, 3.8) is 0 Å². The number of nitrogens with zero attached hydrogens (tertiary/aromatic N) is 2. The number of aromatic nitrogens is 1. The molecule has 1 atom stereocenters. The summed E-state index contributed by atoms with van der Waals surface area (Å²) in [6, 6.07) is 3.87. The largest absolute Gasteiger partial charge is 0.339 e. The van der Waals surface area contributed by atoms with Crippen LogP contribution in [-0.4, -0.2) is 34.3 Å². The topological polar surface area (TPSA) is 62.3 Å². The molecule has 1 aliphatic heterocycles. The molecule has 0 unspecified atom stereocenters. The third kappa shape index (κ3) is 2.66. The Bertz CT molecular complexity index is 497. The molecule has 0 radical (unpaired) electrons. The van der Waals surface area contributed by atoms with Crippen LogP contribution in [0.25, 0.3) is 0 Å². The third-order valence-corrected chi connectivity index (χ3v) is 4.24. The zero-order valence-electron chi connectivity index (χ0n) is 11.4. The summed E-state index contributed by atoms with van der Waals surface area (Å²) < 4.78 is 0. The number of amides is 2. The molecule has 2 heterocycles. The average molecular weight is 273 g/mol. The molecule has 0 bridgehead atoms. The number of anilines is 1. The summed E-state index contributed by atoms with van der Waals surface area (Å²) in [7, 11) is 0. The van der Waals surface area contributed by atoms with Gasteiger partial charge in [-0.15, -0.1) is 0 Å². The number of hydrogen-bond acceptors (Lipinski definition) is 3. The van der Waals surface area contributed by atoms with Gasteiger partial charge in [0.05, 0.1) is 5.92 Å². The van der Waals surface area contributed by atoms with Crippen LogP contribution < -0.4 is 5.32 Å². The molecule has 1 N–H and O–H groups in total. The number of likely N-dealkylation sites (tertiary alicyclic amines) is 1. The Kier molecular flexibility index (Phi) is 3.67. The van der Waals surface area contributed by atoms with E-state index in [4.69, 9.17) is 0 Å². The monoisotopic (exact) mass is 273 g/mol. The minimum absolute atomic E-state index is 0.0648. The summed E-state index contributed by atoms with van der Waals surface area (Å²) in [4.78, 5) is 30.1. The Morgan fingerprint density at radius 2 is 1.95 bits per heavy atom. The quantitative estimate of drug-likeness (QED) is 0.913. The summed E-state index contributed by atoms with van der Waals surface area (Å²) in [5.41, 5.74) is 0.733. The molecule has 106 valence electrons. The van der Waals surface area contributed by atoms with Crippen molar-refractivity contribution in [2.45, 2.75) is 38.1 Å². The van der Waals surface area contributed by atoms with Gasteiger partial charge >= 0.3 is 0 Å². The minimum atomic E-state index is -0.226. The van der Waals surface area contributed by atoms with E-state index >= 15 is 0 Å². The fraction of sp³-hybridized carbons (Fsp3) is 0.533. The highest BCUT2D eigenvalue weighted by molar-refractivity contribution is 5.97. The molecule has 3 rings (SSSR count). The van der Waals surface area contributed by atoms with Gasteiger partial charge in [-0.3, -0.25) is 14.6 Å². The van der Waals surface area contributed by atoms with Crippen molar-refractivity contribution in [2.24, 2.45) is 5.92 Å². The van der Waals surface area contributed by atoms with E-state index in [0.717, 1.165) is 18.5 Å². The highest BCUT2D eigenvalue weighted by atomic mass is 16.2. The van der Waals surface area contributed by atoms with E-state index in [9.17, 15) is 9.59 Å². The zero-order valence-corrected chi connectivity index (χ0v) is 11.4. The lowest BCUT2D eigenvalue weighted by Crippen LogP contribution is -2.35. The maximum Gasteiger partial charge on any atom is 0.229 e. The van der Waals surface area contributed by atoms with Crippen molar-refractivity contribution in [1.82, 2.24) is 9.88 Å². The molecule has 5 nitrogen and oxygen atoms in total. The van der Waals surface area contributed by atoms with Crippen molar-refractivity contribution >= 4 is 17.5 Å². The molecular formula is C15H19N3O2. The van der Waals surface area contributed by atoms with Crippen LogP contribution in [0.3, 0.4) is 0 Å². The normalized spacial score (nSPS) is 23.3. The van der Waals surface area contributed by atoms with E-state index in [-0.39, 0.29) is 17.7 Å². The predicted octanol–water partition coefficient (Wildman–Crippen LogP) is 1.81. The lowest BCUT2D eigenvalue weighted by atomic mass is 10.1. The van der Waals surface area contributed by atoms with Gasteiger partial charge in [0.25, 0.3) is 0 Å². The summed E-state index contributed by atoms with van der Waals surface area (Å²) in [5.74, 6) is -0.159. The maximum atomic E-state index is 12.2. The fourth-order valence-corrected chi connectivity index (χ4v) is 3.16. The molecule has 20 heavy (non-hydrogen) atoms. The number of nitrogens with one attached hydrogen (secondary N) is 1. The van der Waals surface area contributed by atoms with Crippen LogP contribution in [0.5, 0.6) is 0 Å². The Hall–Kier alpha value is -1.91. The van der Waals surface area contributed by atoms with Crippen LogP contribution in [0.2, 0.25) is 0 Å². The second-order valence-electron chi connectivity index (χ2n) is 5.61. The molecule has 0 aromatic carbocycles. The van der Waals surface area contributed by atoms with Gasteiger partial charge in [0.1, 0.15) is 0 Å². The van der Waals surface area contributed by atoms with Crippen LogP contribution >= 0.6 is 0 Å². The number of carbonyl (C=O) groups is 2. The number of pyridine rings is 1. The Morgan fingerprint density at radius 1 is 1.25 bits per heavy atom. The van der Waals surface area contributed by atoms with E-state index in [0.29, 0.717) is 19.0 Å². The van der Waals surface area contributed by atoms with Crippen LogP contribution in [0, 0.1) is 5.92 Å². The molecule has 1 aliphatic carbocycles. The van der Waals surface area contributed by atoms with Crippen LogP contribution in [0.15, 0.2) is 24.5 Å². The molecule has 5 heteroatoms. The Morgan fingerprint density at radius 3 is 2.65 bits per heavy atom. The summed E-state index contributed by atoms with van der Waals surface area (Å²) in [5, 5.41) is 2.86. The molecule has 1 saturated carbocycles. The van der Waals surface area contributed by atoms with E-state index in [1.807, 2.05) is 4.90 Å². The van der Waals surface area contributed by atoms with Crippen molar-refractivity contribution in [3.05, 3.63) is 24.5 Å². The van der Waals surface area contributed by atoms with Gasteiger partial charge in [0, 0.05) is 37.1 Å². The highest BCUT2D eigenvalue weighted by Crippen LogP contribution is 2.29. The number of hydrogen-bond donors (Lipinski definition) is 1. The first kappa shape index (κ1) is 13.1. The average Bonchev–Trinajstić information content (AvgIpc) is 3.08. The molecule has 2 fully saturated rings. The molecule has 0 spiro atoms. The minimum Gasteiger partial charge on any atom is -0.339 e. The van der Waals surface area contributed by atoms with Gasteiger partial charge in [-0.2, -0.15) is 0 Å². The van der Waals surface area contributed by atoms with Crippen molar-refractivity contribution in [3.8, 4) is 0 Å². The van der Waals surface area contributed by atoms with Crippen LogP contribution in [0.1, 0.15) is 32.1 Å². The molecule has 1 aromatic heterocycles. The Balaban J connectivity index is 1.61. The summed E-state index contributed by atoms with van der Waals surface area (Å²) in [6.45, 7) is 0.570. The standard InChI is InChI=1S/C15H19N3O2/c19-14-9-11(10-18(14)13-3-1-2-4-13)15(20)17-12-5-7-16-8-6-12/h5-8,11,13H,1-4,9-10H2,(H,16,17,20)/t11-/m0/s1. The fourth-order valence-electron chi connectivity index (χ4n) is 3.16. The van der Waals surface area contributed by atoms with Crippen molar-refractivity contribution in [2.75, 3.05) is 11.9 Å². The molecule has 1 saturated heterocycles. The smallest absolute Gasteiger partial charge is 0.229 e. The van der Waals surface area contributed by atoms with Gasteiger partial charge in [0.15, 0.2) is 0 Å². The zero-order chi connectivity index (χ0) is 13.9.